The molecule has 0 amide bonds. The summed E-state index contributed by atoms with van der Waals surface area (Å²) in [7, 11) is 1.92. The lowest BCUT2D eigenvalue weighted by atomic mass is 10.1. The van der Waals surface area contributed by atoms with Crippen molar-refractivity contribution >= 4 is 5.69 Å². The first-order valence-electron chi connectivity index (χ1n) is 6.21. The van der Waals surface area contributed by atoms with Gasteiger partial charge >= 0.3 is 5.69 Å². The first-order chi connectivity index (χ1) is 9.56. The summed E-state index contributed by atoms with van der Waals surface area (Å²) < 4.78 is 13.5. The first kappa shape index (κ1) is 14.1. The third-order valence-electron chi connectivity index (χ3n) is 2.96. The number of nitro benzene ring substituents is 1. The molecule has 2 rings (SSSR count). The van der Waals surface area contributed by atoms with Crippen molar-refractivity contribution in [3.63, 3.8) is 0 Å². The summed E-state index contributed by atoms with van der Waals surface area (Å²) in [4.78, 5) is 11.9. The molecule has 0 aliphatic carbocycles. The van der Waals surface area contributed by atoms with Crippen LogP contribution in [0.25, 0.3) is 0 Å². The fraction of sp³-hybridized carbons (Fsp3) is 0.200. The van der Waals surface area contributed by atoms with Crippen molar-refractivity contribution in [1.29, 1.82) is 0 Å². The van der Waals surface area contributed by atoms with Gasteiger partial charge in [0.15, 0.2) is 0 Å². The molecule has 0 aliphatic heterocycles. The Morgan fingerprint density at radius 2 is 1.75 bits per heavy atom. The minimum atomic E-state index is -0.791. The minimum absolute atomic E-state index is 0.487. The van der Waals surface area contributed by atoms with Crippen LogP contribution in [-0.2, 0) is 13.1 Å². The maximum atomic E-state index is 13.5. The van der Waals surface area contributed by atoms with E-state index in [2.05, 4.69) is 0 Å². The fourth-order valence-corrected chi connectivity index (χ4v) is 2.06. The Bertz CT molecular complexity index is 602. The first-order valence-corrected chi connectivity index (χ1v) is 6.21. The van der Waals surface area contributed by atoms with Gasteiger partial charge in [-0.3, -0.25) is 15.0 Å². The van der Waals surface area contributed by atoms with Gasteiger partial charge in [-0.1, -0.05) is 36.4 Å². The molecule has 0 aromatic heterocycles. The van der Waals surface area contributed by atoms with E-state index in [1.165, 1.54) is 12.1 Å². The van der Waals surface area contributed by atoms with Crippen LogP contribution in [0.1, 0.15) is 11.1 Å². The number of halogens is 1. The van der Waals surface area contributed by atoms with Crippen LogP contribution in [0.2, 0.25) is 0 Å². The molecule has 104 valence electrons. The normalized spacial score (nSPS) is 10.8. The summed E-state index contributed by atoms with van der Waals surface area (Å²) in [5.74, 6) is -0.791. The molecule has 4 nitrogen and oxygen atoms in total. The molecule has 0 N–H and O–H groups in total. The van der Waals surface area contributed by atoms with E-state index in [1.807, 2.05) is 42.3 Å². The van der Waals surface area contributed by atoms with Crippen LogP contribution < -0.4 is 0 Å². The molecule has 0 heterocycles. The fourth-order valence-electron chi connectivity index (χ4n) is 2.06. The van der Waals surface area contributed by atoms with Gasteiger partial charge in [0.25, 0.3) is 0 Å². The second-order valence-electron chi connectivity index (χ2n) is 4.70. The summed E-state index contributed by atoms with van der Waals surface area (Å²) in [6.07, 6.45) is 0. The molecule has 5 heteroatoms. The van der Waals surface area contributed by atoms with Gasteiger partial charge in [0.2, 0.25) is 5.82 Å². The lowest BCUT2D eigenvalue weighted by Crippen LogP contribution is -2.17. The van der Waals surface area contributed by atoms with Gasteiger partial charge in [-0.25, -0.2) is 0 Å². The highest BCUT2D eigenvalue weighted by atomic mass is 19.1. The zero-order valence-electron chi connectivity index (χ0n) is 11.1. The SMILES string of the molecule is CN(Cc1ccccc1)Cc1ccc([N+](=O)[O-])c(F)c1. The predicted octanol–water partition coefficient (Wildman–Crippen LogP) is 3.37. The minimum Gasteiger partial charge on any atom is -0.298 e. The Hall–Kier alpha value is -2.27. The van der Waals surface area contributed by atoms with Crippen molar-refractivity contribution in [2.75, 3.05) is 7.05 Å². The zero-order valence-corrected chi connectivity index (χ0v) is 11.1. The summed E-state index contributed by atoms with van der Waals surface area (Å²) in [5.41, 5.74) is 1.39. The van der Waals surface area contributed by atoms with Gasteiger partial charge < -0.3 is 0 Å². The highest BCUT2D eigenvalue weighted by molar-refractivity contribution is 5.35. The molecular formula is C15H15FN2O2. The molecule has 0 spiro atoms. The Kier molecular flexibility index (Phi) is 4.42. The lowest BCUT2D eigenvalue weighted by molar-refractivity contribution is -0.387. The zero-order chi connectivity index (χ0) is 14.5. The van der Waals surface area contributed by atoms with E-state index in [1.54, 1.807) is 6.07 Å². The third kappa shape index (κ3) is 3.61. The molecule has 0 radical (unpaired) electrons. The molecule has 0 saturated heterocycles. The predicted molar refractivity (Wildman–Crippen MR) is 74.7 cm³/mol. The van der Waals surface area contributed by atoms with Crippen molar-refractivity contribution < 1.29 is 9.31 Å². The Morgan fingerprint density at radius 3 is 2.35 bits per heavy atom. The number of benzene rings is 2. The molecule has 0 saturated carbocycles. The van der Waals surface area contributed by atoms with Crippen molar-refractivity contribution in [2.24, 2.45) is 0 Å². The smallest absolute Gasteiger partial charge is 0.298 e. The number of nitrogens with zero attached hydrogens (tertiary/aromatic N) is 2. The van der Waals surface area contributed by atoms with Crippen molar-refractivity contribution in [3.05, 3.63) is 75.6 Å². The van der Waals surface area contributed by atoms with Crippen LogP contribution in [0.4, 0.5) is 10.1 Å². The van der Waals surface area contributed by atoms with Gasteiger partial charge in [-0.2, -0.15) is 4.39 Å². The van der Waals surface area contributed by atoms with Gasteiger partial charge in [0.1, 0.15) is 0 Å². The summed E-state index contributed by atoms with van der Waals surface area (Å²) in [6.45, 7) is 1.27. The molecular weight excluding hydrogens is 259 g/mol. The van der Waals surface area contributed by atoms with Crippen LogP contribution in [0.3, 0.4) is 0 Å². The van der Waals surface area contributed by atoms with E-state index in [4.69, 9.17) is 0 Å². The average Bonchev–Trinajstić information content (AvgIpc) is 2.39. The largest absolute Gasteiger partial charge is 0.304 e. The van der Waals surface area contributed by atoms with Gasteiger partial charge in [-0.05, 0) is 24.2 Å². The lowest BCUT2D eigenvalue weighted by Gasteiger charge is -2.16. The van der Waals surface area contributed by atoms with Gasteiger partial charge in [0, 0.05) is 19.2 Å². The van der Waals surface area contributed by atoms with Crippen molar-refractivity contribution in [2.45, 2.75) is 13.1 Å². The van der Waals surface area contributed by atoms with Crippen LogP contribution in [0.5, 0.6) is 0 Å². The maximum Gasteiger partial charge on any atom is 0.304 e. The quantitative estimate of drug-likeness (QED) is 0.620. The standard InChI is InChI=1S/C15H15FN2O2/c1-17(10-12-5-3-2-4-6-12)11-13-7-8-15(18(19)20)14(16)9-13/h2-9H,10-11H2,1H3. The summed E-state index contributed by atoms with van der Waals surface area (Å²) in [5, 5.41) is 10.6. The van der Waals surface area contributed by atoms with Crippen LogP contribution in [0, 0.1) is 15.9 Å². The average molecular weight is 274 g/mol. The number of rotatable bonds is 5. The number of hydrogen-bond acceptors (Lipinski definition) is 3. The molecule has 0 bridgehead atoms. The van der Waals surface area contributed by atoms with Crippen LogP contribution in [-0.4, -0.2) is 16.9 Å². The monoisotopic (exact) mass is 274 g/mol. The third-order valence-corrected chi connectivity index (χ3v) is 2.96. The molecule has 2 aromatic rings. The Morgan fingerprint density at radius 1 is 1.10 bits per heavy atom. The summed E-state index contributed by atoms with van der Waals surface area (Å²) in [6, 6.07) is 13.9. The van der Waals surface area contributed by atoms with E-state index in [-0.39, 0.29) is 0 Å². The molecule has 20 heavy (non-hydrogen) atoms. The van der Waals surface area contributed by atoms with Crippen molar-refractivity contribution in [1.82, 2.24) is 4.90 Å². The molecule has 0 unspecified atom stereocenters. The highest BCUT2D eigenvalue weighted by Gasteiger charge is 2.14. The highest BCUT2D eigenvalue weighted by Crippen LogP contribution is 2.19. The van der Waals surface area contributed by atoms with Crippen molar-refractivity contribution in [3.8, 4) is 0 Å². The Balaban J connectivity index is 2.03. The number of nitro groups is 1. The van der Waals surface area contributed by atoms with E-state index in [9.17, 15) is 14.5 Å². The topological polar surface area (TPSA) is 46.4 Å². The van der Waals surface area contributed by atoms with Gasteiger partial charge in [-0.15, -0.1) is 0 Å². The van der Waals surface area contributed by atoms with Crippen LogP contribution in [0.15, 0.2) is 48.5 Å². The second kappa shape index (κ2) is 6.25. The van der Waals surface area contributed by atoms with E-state index in [0.29, 0.717) is 12.1 Å². The molecule has 2 aromatic carbocycles. The van der Waals surface area contributed by atoms with E-state index >= 15 is 0 Å². The summed E-state index contributed by atoms with van der Waals surface area (Å²) >= 11 is 0. The van der Waals surface area contributed by atoms with E-state index < -0.39 is 16.4 Å². The van der Waals surface area contributed by atoms with Crippen LogP contribution >= 0.6 is 0 Å². The second-order valence-corrected chi connectivity index (χ2v) is 4.70. The maximum absolute atomic E-state index is 13.5. The molecule has 0 fully saturated rings. The van der Waals surface area contributed by atoms with E-state index in [0.717, 1.165) is 12.1 Å². The number of hydrogen-bond donors (Lipinski definition) is 0. The molecule has 0 atom stereocenters. The molecule has 0 aliphatic rings. The Labute approximate surface area is 116 Å². The van der Waals surface area contributed by atoms with Gasteiger partial charge in [0.05, 0.1) is 4.92 Å².